The minimum atomic E-state index is -1.74. The van der Waals surface area contributed by atoms with Crippen LogP contribution in [0.5, 0.6) is 11.5 Å². The molecule has 1 fully saturated rings. The highest BCUT2D eigenvalue weighted by Gasteiger charge is 2.32. The summed E-state index contributed by atoms with van der Waals surface area (Å²) in [6.07, 6.45) is 10.1. The van der Waals surface area contributed by atoms with Crippen LogP contribution in [0.3, 0.4) is 0 Å². The molecule has 272 valence electrons. The first-order valence-corrected chi connectivity index (χ1v) is 20.6. The molecule has 0 saturated heterocycles. The number of hydrogen-bond acceptors (Lipinski definition) is 3. The smallest absolute Gasteiger partial charge is 0.417 e. The van der Waals surface area contributed by atoms with Crippen LogP contribution in [-0.4, -0.2) is 6.10 Å². The molecule has 3 nitrogen and oxygen atoms in total. The van der Waals surface area contributed by atoms with E-state index < -0.39 is 8.60 Å². The van der Waals surface area contributed by atoms with Gasteiger partial charge in [-0.2, -0.15) is 0 Å². The monoisotopic (exact) mass is 696 g/mol. The van der Waals surface area contributed by atoms with Gasteiger partial charge in [-0.1, -0.05) is 139 Å². The summed E-state index contributed by atoms with van der Waals surface area (Å²) in [7, 11) is -1.74. The Kier molecular flexibility index (Phi) is 11.7. The average Bonchev–Trinajstić information content (AvgIpc) is 3.10. The Morgan fingerprint density at radius 1 is 0.500 bits per heavy atom. The molecular formula is C46H65O3P. The molecule has 0 N–H and O–H groups in total. The highest BCUT2D eigenvalue weighted by Crippen LogP contribution is 2.51. The predicted octanol–water partition coefficient (Wildman–Crippen LogP) is 14.8. The van der Waals surface area contributed by atoms with E-state index in [2.05, 4.69) is 144 Å². The van der Waals surface area contributed by atoms with E-state index in [1.807, 2.05) is 0 Å². The maximum Gasteiger partial charge on any atom is 0.463 e. The fourth-order valence-corrected chi connectivity index (χ4v) is 8.11. The van der Waals surface area contributed by atoms with Crippen molar-refractivity contribution in [2.45, 2.75) is 169 Å². The van der Waals surface area contributed by atoms with Gasteiger partial charge >= 0.3 is 8.60 Å². The van der Waals surface area contributed by atoms with Crippen molar-refractivity contribution in [2.75, 3.05) is 0 Å². The molecule has 4 heteroatoms. The van der Waals surface area contributed by atoms with Crippen LogP contribution < -0.4 is 9.05 Å². The lowest BCUT2D eigenvalue weighted by molar-refractivity contribution is 0.138. The Bertz CT molecular complexity index is 1650. The molecule has 0 bridgehead atoms. The summed E-state index contributed by atoms with van der Waals surface area (Å²) in [4.78, 5) is 0. The number of benzene rings is 4. The second kappa shape index (κ2) is 15.2. The lowest BCUT2D eigenvalue weighted by Crippen LogP contribution is -2.20. The molecule has 50 heavy (non-hydrogen) atoms. The number of rotatable bonds is 14. The molecule has 0 spiro atoms. The van der Waals surface area contributed by atoms with Gasteiger partial charge in [-0.15, -0.1) is 0 Å². The Balaban J connectivity index is 1.62. The van der Waals surface area contributed by atoms with Crippen LogP contribution in [-0.2, 0) is 26.2 Å². The summed E-state index contributed by atoms with van der Waals surface area (Å²) in [6.45, 7) is 27.7. The van der Waals surface area contributed by atoms with Crippen molar-refractivity contribution in [1.82, 2.24) is 0 Å². The molecule has 0 radical (unpaired) electrons. The predicted molar refractivity (Wildman–Crippen MR) is 217 cm³/mol. The molecule has 0 amide bonds. The Labute approximate surface area is 305 Å². The first kappa shape index (κ1) is 38.6. The molecule has 0 aliphatic heterocycles. The van der Waals surface area contributed by atoms with Gasteiger partial charge in [0.2, 0.25) is 0 Å². The van der Waals surface area contributed by atoms with Crippen LogP contribution in [0, 0.1) is 0 Å². The normalized spacial score (nSPS) is 15.3. The maximum atomic E-state index is 7.08. The third-order valence-corrected chi connectivity index (χ3v) is 13.7. The lowest BCUT2D eigenvalue weighted by Gasteiger charge is -2.32. The van der Waals surface area contributed by atoms with Gasteiger partial charge in [0.25, 0.3) is 0 Å². The van der Waals surface area contributed by atoms with E-state index in [-0.39, 0.29) is 27.8 Å². The molecular weight excluding hydrogens is 631 g/mol. The molecule has 1 aliphatic rings. The fourth-order valence-electron chi connectivity index (χ4n) is 6.91. The second-order valence-corrected chi connectivity index (χ2v) is 18.6. The number of hydrogen-bond donors (Lipinski definition) is 0. The zero-order valence-corrected chi connectivity index (χ0v) is 34.3. The summed E-state index contributed by atoms with van der Waals surface area (Å²) in [5.41, 5.74) is 5.24. The van der Waals surface area contributed by atoms with Gasteiger partial charge in [-0.25, -0.2) is 0 Å². The van der Waals surface area contributed by atoms with Crippen LogP contribution >= 0.6 is 8.60 Å². The van der Waals surface area contributed by atoms with Crippen LogP contribution in [0.2, 0.25) is 0 Å². The van der Waals surface area contributed by atoms with Crippen molar-refractivity contribution in [3.8, 4) is 11.5 Å². The van der Waals surface area contributed by atoms with E-state index in [9.17, 15) is 0 Å². The van der Waals surface area contributed by atoms with Gasteiger partial charge in [0, 0.05) is 11.1 Å². The number of fused-ring (bicyclic) bond motifs is 2. The van der Waals surface area contributed by atoms with E-state index >= 15 is 0 Å². The van der Waals surface area contributed by atoms with E-state index in [1.165, 1.54) is 63.1 Å². The van der Waals surface area contributed by atoms with Crippen LogP contribution in [0.1, 0.15) is 163 Å². The zero-order valence-electron chi connectivity index (χ0n) is 33.4. The van der Waals surface area contributed by atoms with E-state index in [0.29, 0.717) is 0 Å². The van der Waals surface area contributed by atoms with Crippen molar-refractivity contribution < 1.29 is 13.6 Å². The highest BCUT2D eigenvalue weighted by atomic mass is 31.2. The molecule has 5 rings (SSSR count). The molecule has 0 unspecified atom stereocenters. The molecule has 0 heterocycles. The summed E-state index contributed by atoms with van der Waals surface area (Å²) in [6, 6.07) is 23.1. The minimum absolute atomic E-state index is 0.0894. The molecule has 1 saturated carbocycles. The molecule has 0 aromatic heterocycles. The van der Waals surface area contributed by atoms with Crippen molar-refractivity contribution in [3.05, 3.63) is 82.9 Å². The van der Waals surface area contributed by atoms with Gasteiger partial charge < -0.3 is 9.05 Å². The van der Waals surface area contributed by atoms with Crippen molar-refractivity contribution in [1.29, 1.82) is 0 Å². The van der Waals surface area contributed by atoms with Crippen LogP contribution in [0.25, 0.3) is 21.5 Å². The van der Waals surface area contributed by atoms with E-state index in [0.717, 1.165) is 50.0 Å². The van der Waals surface area contributed by atoms with Crippen LogP contribution in [0.15, 0.2) is 60.7 Å². The lowest BCUT2D eigenvalue weighted by atomic mass is 9.79. The Morgan fingerprint density at radius 3 is 1.28 bits per heavy atom. The van der Waals surface area contributed by atoms with Gasteiger partial charge in [0.1, 0.15) is 11.5 Å². The standard InChI is InChI=1S/C46H65O3P/c1-13-43(5,6)36-24-22-32-30-41(39(28-34(32)26-36)45(9,10)15-3)48-50(47-38-20-18-17-19-21-38)49-42-31-33-23-25-37(44(7,8)14-2)27-35(33)29-40(42)46(11,12)16-4/h22-31,38H,13-21H2,1-12H3. The first-order chi connectivity index (χ1) is 23.5. The SMILES string of the molecule is CCC(C)(C)c1ccc2cc(OP(Oc3cc4ccc(C(C)(C)CC)cc4cc3C(C)(C)CC)OC3CCCCC3)c(C(C)(C)CC)cc2c1. The zero-order chi connectivity index (χ0) is 36.5. The Hall–Kier alpha value is -2.61. The van der Waals surface area contributed by atoms with E-state index in [4.69, 9.17) is 13.6 Å². The maximum absolute atomic E-state index is 7.08. The summed E-state index contributed by atoms with van der Waals surface area (Å²) in [5, 5.41) is 4.89. The summed E-state index contributed by atoms with van der Waals surface area (Å²) in [5.74, 6) is 1.75. The van der Waals surface area contributed by atoms with Gasteiger partial charge in [-0.05, 0) is 117 Å². The fraction of sp³-hybridized carbons (Fsp3) is 0.565. The van der Waals surface area contributed by atoms with Gasteiger partial charge in [-0.3, -0.25) is 4.52 Å². The van der Waals surface area contributed by atoms with Crippen molar-refractivity contribution in [2.24, 2.45) is 0 Å². The molecule has 0 atom stereocenters. The highest BCUT2D eigenvalue weighted by molar-refractivity contribution is 7.42. The average molecular weight is 697 g/mol. The molecule has 4 aromatic carbocycles. The third kappa shape index (κ3) is 8.37. The van der Waals surface area contributed by atoms with Gasteiger partial charge in [0.05, 0.1) is 6.10 Å². The molecule has 4 aromatic rings. The van der Waals surface area contributed by atoms with Gasteiger partial charge in [0.15, 0.2) is 0 Å². The van der Waals surface area contributed by atoms with Crippen molar-refractivity contribution in [3.63, 3.8) is 0 Å². The first-order valence-electron chi connectivity index (χ1n) is 19.5. The minimum Gasteiger partial charge on any atom is -0.417 e. The van der Waals surface area contributed by atoms with Crippen molar-refractivity contribution >= 4 is 30.1 Å². The summed E-state index contributed by atoms with van der Waals surface area (Å²) < 4.78 is 21.1. The Morgan fingerprint density at radius 2 is 0.900 bits per heavy atom. The van der Waals surface area contributed by atoms with Crippen LogP contribution in [0.4, 0.5) is 0 Å². The molecule has 1 aliphatic carbocycles. The second-order valence-electron chi connectivity index (χ2n) is 17.5. The van der Waals surface area contributed by atoms with E-state index in [1.54, 1.807) is 0 Å². The largest absolute Gasteiger partial charge is 0.463 e. The summed E-state index contributed by atoms with van der Waals surface area (Å²) >= 11 is 0. The third-order valence-electron chi connectivity index (χ3n) is 12.6. The quantitative estimate of drug-likeness (QED) is 0.123. The topological polar surface area (TPSA) is 27.7 Å².